The topological polar surface area (TPSA) is 84.2 Å². The highest BCUT2D eigenvalue weighted by molar-refractivity contribution is 5.85. The van der Waals surface area contributed by atoms with E-state index < -0.39 is 5.41 Å². The molecule has 6 heteroatoms. The molecule has 2 rings (SSSR count). The first-order valence-corrected chi connectivity index (χ1v) is 7.40. The van der Waals surface area contributed by atoms with E-state index in [1.54, 1.807) is 0 Å². The van der Waals surface area contributed by atoms with Crippen molar-refractivity contribution in [1.29, 1.82) is 0 Å². The quantitative estimate of drug-likeness (QED) is 0.683. The molecule has 0 aromatic heterocycles. The summed E-state index contributed by atoms with van der Waals surface area (Å²) in [5.41, 5.74) is 5.01. The zero-order chi connectivity index (χ0) is 13.7. The second-order valence-electron chi connectivity index (χ2n) is 6.03. The third kappa shape index (κ3) is 4.35. The Morgan fingerprint density at radius 2 is 2.00 bits per heavy atom. The van der Waals surface area contributed by atoms with Crippen LogP contribution in [0.3, 0.4) is 0 Å². The van der Waals surface area contributed by atoms with Gasteiger partial charge in [-0.25, -0.2) is 0 Å². The number of nitrogens with one attached hydrogen (secondary N) is 2. The number of carbonyl (C=O) groups is 2. The summed E-state index contributed by atoms with van der Waals surface area (Å²) < 4.78 is 0. The number of primary amides is 1. The van der Waals surface area contributed by atoms with E-state index in [0.29, 0.717) is 18.9 Å². The Morgan fingerprint density at radius 3 is 2.55 bits per heavy atom. The molecule has 0 aromatic carbocycles. The fourth-order valence-corrected chi connectivity index (χ4v) is 3.21. The van der Waals surface area contributed by atoms with Gasteiger partial charge in [0.05, 0.1) is 5.41 Å². The Balaban J connectivity index is 0.00000200. The summed E-state index contributed by atoms with van der Waals surface area (Å²) in [5, 5.41) is 6.21. The van der Waals surface area contributed by atoms with Crippen molar-refractivity contribution in [3.63, 3.8) is 0 Å². The first kappa shape index (κ1) is 17.2. The minimum Gasteiger partial charge on any atom is -0.369 e. The summed E-state index contributed by atoms with van der Waals surface area (Å²) in [6, 6.07) is 0. The van der Waals surface area contributed by atoms with Crippen LogP contribution in [0.15, 0.2) is 0 Å². The van der Waals surface area contributed by atoms with Crippen LogP contribution in [0.1, 0.15) is 44.9 Å². The van der Waals surface area contributed by atoms with Crippen LogP contribution in [-0.4, -0.2) is 31.4 Å². The van der Waals surface area contributed by atoms with Crippen LogP contribution < -0.4 is 16.4 Å². The predicted octanol–water partition coefficient (Wildman–Crippen LogP) is 0.960. The van der Waals surface area contributed by atoms with Crippen molar-refractivity contribution in [2.75, 3.05) is 19.6 Å². The molecule has 20 heavy (non-hydrogen) atoms. The van der Waals surface area contributed by atoms with E-state index in [1.165, 1.54) is 6.42 Å². The highest BCUT2D eigenvalue weighted by atomic mass is 35.5. The first-order chi connectivity index (χ1) is 9.12. The molecule has 1 aliphatic heterocycles. The van der Waals surface area contributed by atoms with Crippen molar-refractivity contribution in [3.8, 4) is 0 Å². The number of nitrogens with two attached hydrogens (primary N) is 1. The van der Waals surface area contributed by atoms with Gasteiger partial charge in [0.2, 0.25) is 11.8 Å². The SMILES string of the molecule is Cl.NC(=O)C1(CNC(=O)CCC2CCNC2)CCCC1. The maximum Gasteiger partial charge on any atom is 0.225 e. The van der Waals surface area contributed by atoms with Crippen LogP contribution in [0.4, 0.5) is 0 Å². The number of hydrogen-bond donors (Lipinski definition) is 3. The molecule has 1 saturated carbocycles. The van der Waals surface area contributed by atoms with E-state index in [-0.39, 0.29) is 24.2 Å². The molecule has 2 aliphatic rings. The monoisotopic (exact) mass is 303 g/mol. The molecule has 4 N–H and O–H groups in total. The Bertz CT molecular complexity index is 337. The summed E-state index contributed by atoms with van der Waals surface area (Å²) >= 11 is 0. The van der Waals surface area contributed by atoms with Gasteiger partial charge in [-0.15, -0.1) is 12.4 Å². The molecule has 1 atom stereocenters. The van der Waals surface area contributed by atoms with Gasteiger partial charge in [0.25, 0.3) is 0 Å². The van der Waals surface area contributed by atoms with Crippen molar-refractivity contribution in [3.05, 3.63) is 0 Å². The van der Waals surface area contributed by atoms with Crippen molar-refractivity contribution >= 4 is 24.2 Å². The average molecular weight is 304 g/mol. The lowest BCUT2D eigenvalue weighted by Crippen LogP contribution is -2.44. The molecular formula is C14H26ClN3O2. The number of rotatable bonds is 6. The molecule has 2 fully saturated rings. The van der Waals surface area contributed by atoms with Gasteiger partial charge in [-0.05, 0) is 44.7 Å². The first-order valence-electron chi connectivity index (χ1n) is 7.40. The third-order valence-corrected chi connectivity index (χ3v) is 4.65. The lowest BCUT2D eigenvalue weighted by molar-refractivity contribution is -0.128. The number of halogens is 1. The lowest BCUT2D eigenvalue weighted by atomic mass is 9.85. The number of carbonyl (C=O) groups excluding carboxylic acids is 2. The molecule has 1 heterocycles. The minimum atomic E-state index is -0.482. The molecular weight excluding hydrogens is 278 g/mol. The zero-order valence-electron chi connectivity index (χ0n) is 12.0. The highest BCUT2D eigenvalue weighted by Gasteiger charge is 2.39. The van der Waals surface area contributed by atoms with Crippen molar-refractivity contribution in [2.45, 2.75) is 44.9 Å². The maximum atomic E-state index is 11.8. The molecule has 5 nitrogen and oxygen atoms in total. The molecule has 0 aromatic rings. The summed E-state index contributed by atoms with van der Waals surface area (Å²) in [4.78, 5) is 23.4. The molecule has 0 spiro atoms. The van der Waals surface area contributed by atoms with Crippen molar-refractivity contribution < 1.29 is 9.59 Å². The average Bonchev–Trinajstić information content (AvgIpc) is 3.05. The summed E-state index contributed by atoms with van der Waals surface area (Å²) in [7, 11) is 0. The summed E-state index contributed by atoms with van der Waals surface area (Å²) in [6.07, 6.45) is 6.35. The van der Waals surface area contributed by atoms with Gasteiger partial charge in [-0.3, -0.25) is 9.59 Å². The van der Waals surface area contributed by atoms with E-state index in [2.05, 4.69) is 10.6 Å². The van der Waals surface area contributed by atoms with Gasteiger partial charge >= 0.3 is 0 Å². The van der Waals surface area contributed by atoms with E-state index >= 15 is 0 Å². The summed E-state index contributed by atoms with van der Waals surface area (Å²) in [5.74, 6) is 0.423. The maximum absolute atomic E-state index is 11.8. The van der Waals surface area contributed by atoms with E-state index in [1.807, 2.05) is 0 Å². The number of amides is 2. The van der Waals surface area contributed by atoms with Gasteiger partial charge < -0.3 is 16.4 Å². The van der Waals surface area contributed by atoms with Crippen LogP contribution in [0.5, 0.6) is 0 Å². The highest BCUT2D eigenvalue weighted by Crippen LogP contribution is 2.37. The second-order valence-corrected chi connectivity index (χ2v) is 6.03. The molecule has 1 aliphatic carbocycles. The molecule has 1 saturated heterocycles. The molecule has 0 radical (unpaired) electrons. The second kappa shape index (κ2) is 7.84. The molecule has 2 amide bonds. The fraction of sp³-hybridized carbons (Fsp3) is 0.857. The van der Waals surface area contributed by atoms with E-state index in [4.69, 9.17) is 5.73 Å². The molecule has 116 valence electrons. The Morgan fingerprint density at radius 1 is 1.30 bits per heavy atom. The van der Waals surface area contributed by atoms with Gasteiger partial charge in [0, 0.05) is 13.0 Å². The van der Waals surface area contributed by atoms with Gasteiger partial charge in [0.15, 0.2) is 0 Å². The molecule has 1 unspecified atom stereocenters. The zero-order valence-corrected chi connectivity index (χ0v) is 12.8. The van der Waals surface area contributed by atoms with E-state index in [9.17, 15) is 9.59 Å². The Hall–Kier alpha value is -0.810. The van der Waals surface area contributed by atoms with E-state index in [0.717, 1.165) is 45.2 Å². The van der Waals surface area contributed by atoms with Crippen LogP contribution in [0, 0.1) is 11.3 Å². The normalized spacial score (nSPS) is 24.1. The minimum absolute atomic E-state index is 0. The lowest BCUT2D eigenvalue weighted by Gasteiger charge is -2.25. The van der Waals surface area contributed by atoms with Crippen LogP contribution >= 0.6 is 12.4 Å². The fourth-order valence-electron chi connectivity index (χ4n) is 3.21. The van der Waals surface area contributed by atoms with Crippen LogP contribution in [0.25, 0.3) is 0 Å². The standard InChI is InChI=1S/C14H25N3O2.ClH/c15-13(19)14(6-1-2-7-14)10-17-12(18)4-3-11-5-8-16-9-11;/h11,16H,1-10H2,(H2,15,19)(H,17,18);1H. The van der Waals surface area contributed by atoms with Crippen LogP contribution in [0.2, 0.25) is 0 Å². The smallest absolute Gasteiger partial charge is 0.225 e. The largest absolute Gasteiger partial charge is 0.369 e. The van der Waals surface area contributed by atoms with Crippen LogP contribution in [-0.2, 0) is 9.59 Å². The third-order valence-electron chi connectivity index (χ3n) is 4.65. The predicted molar refractivity (Wildman–Crippen MR) is 80.6 cm³/mol. The van der Waals surface area contributed by atoms with Gasteiger partial charge in [-0.2, -0.15) is 0 Å². The Labute approximate surface area is 126 Å². The number of hydrogen-bond acceptors (Lipinski definition) is 3. The van der Waals surface area contributed by atoms with Crippen molar-refractivity contribution in [2.24, 2.45) is 17.1 Å². The molecule has 0 bridgehead atoms. The van der Waals surface area contributed by atoms with Crippen molar-refractivity contribution in [1.82, 2.24) is 10.6 Å². The Kier molecular flexibility index (Phi) is 6.76. The van der Waals surface area contributed by atoms with Gasteiger partial charge in [0.1, 0.15) is 0 Å². The summed E-state index contributed by atoms with van der Waals surface area (Å²) in [6.45, 7) is 2.51. The van der Waals surface area contributed by atoms with Gasteiger partial charge in [-0.1, -0.05) is 12.8 Å².